The Balaban J connectivity index is 1.96. The minimum atomic E-state index is 0.635. The van der Waals surface area contributed by atoms with Crippen LogP contribution in [0.5, 0.6) is 0 Å². The molecule has 4 heteroatoms. The molecular weight excluding hydrogens is 202 g/mol. The molecule has 0 aliphatic rings. The monoisotopic (exact) mass is 217 g/mol. The van der Waals surface area contributed by atoms with Gasteiger partial charge in [-0.1, -0.05) is 12.1 Å². The van der Waals surface area contributed by atoms with Crippen LogP contribution in [-0.4, -0.2) is 17.1 Å². The van der Waals surface area contributed by atoms with Gasteiger partial charge in [0.2, 0.25) is 0 Å². The largest absolute Gasteiger partial charge is 0.380 e. The quantitative estimate of drug-likeness (QED) is 0.807. The van der Waals surface area contributed by atoms with Crippen molar-refractivity contribution in [2.75, 3.05) is 12.4 Å². The zero-order valence-electron chi connectivity index (χ0n) is 9.23. The van der Waals surface area contributed by atoms with Gasteiger partial charge < -0.3 is 15.0 Å². The Morgan fingerprint density at radius 2 is 2.38 bits per heavy atom. The van der Waals surface area contributed by atoms with E-state index in [-0.39, 0.29) is 0 Å². The molecule has 0 spiro atoms. The van der Waals surface area contributed by atoms with Crippen molar-refractivity contribution in [3.63, 3.8) is 0 Å². The van der Waals surface area contributed by atoms with Crippen molar-refractivity contribution in [2.24, 2.45) is 0 Å². The van der Waals surface area contributed by atoms with Gasteiger partial charge in [-0.15, -0.1) is 0 Å². The second kappa shape index (κ2) is 5.32. The molecule has 2 aromatic rings. The SMILES string of the molecule is COCc1cccc(NCc2ncc[nH]2)c1. The van der Waals surface area contributed by atoms with E-state index in [1.54, 1.807) is 13.3 Å². The molecule has 84 valence electrons. The molecule has 2 rings (SSSR count). The first-order chi connectivity index (χ1) is 7.88. The average Bonchev–Trinajstić information content (AvgIpc) is 2.80. The molecule has 4 nitrogen and oxygen atoms in total. The first-order valence-electron chi connectivity index (χ1n) is 5.18. The van der Waals surface area contributed by atoms with Gasteiger partial charge in [-0.2, -0.15) is 0 Å². The molecule has 0 aliphatic heterocycles. The van der Waals surface area contributed by atoms with Crippen LogP contribution in [0.1, 0.15) is 11.4 Å². The third kappa shape index (κ3) is 2.84. The van der Waals surface area contributed by atoms with Gasteiger partial charge in [0.1, 0.15) is 5.82 Å². The Labute approximate surface area is 94.7 Å². The van der Waals surface area contributed by atoms with E-state index in [2.05, 4.69) is 21.4 Å². The summed E-state index contributed by atoms with van der Waals surface area (Å²) >= 11 is 0. The number of benzene rings is 1. The normalized spacial score (nSPS) is 10.3. The summed E-state index contributed by atoms with van der Waals surface area (Å²) in [4.78, 5) is 7.20. The van der Waals surface area contributed by atoms with Gasteiger partial charge in [0.25, 0.3) is 0 Å². The van der Waals surface area contributed by atoms with Crippen molar-refractivity contribution < 1.29 is 4.74 Å². The lowest BCUT2D eigenvalue weighted by atomic mass is 10.2. The fourth-order valence-electron chi connectivity index (χ4n) is 1.52. The van der Waals surface area contributed by atoms with Crippen LogP contribution < -0.4 is 5.32 Å². The number of hydrogen-bond donors (Lipinski definition) is 2. The number of aromatic nitrogens is 2. The van der Waals surface area contributed by atoms with Gasteiger partial charge in [-0.05, 0) is 17.7 Å². The Kier molecular flexibility index (Phi) is 3.56. The summed E-state index contributed by atoms with van der Waals surface area (Å²) in [5, 5.41) is 3.30. The molecule has 1 aromatic heterocycles. The summed E-state index contributed by atoms with van der Waals surface area (Å²) < 4.78 is 5.09. The number of rotatable bonds is 5. The zero-order valence-corrected chi connectivity index (χ0v) is 9.23. The van der Waals surface area contributed by atoms with Gasteiger partial charge >= 0.3 is 0 Å². The van der Waals surface area contributed by atoms with E-state index in [4.69, 9.17) is 4.74 Å². The lowest BCUT2D eigenvalue weighted by molar-refractivity contribution is 0.185. The summed E-state index contributed by atoms with van der Waals surface area (Å²) in [6, 6.07) is 8.16. The van der Waals surface area contributed by atoms with Crippen LogP contribution in [0, 0.1) is 0 Å². The van der Waals surface area contributed by atoms with Crippen LogP contribution in [0.3, 0.4) is 0 Å². The topological polar surface area (TPSA) is 49.9 Å². The lowest BCUT2D eigenvalue weighted by Crippen LogP contribution is -2.01. The van der Waals surface area contributed by atoms with Crippen LogP contribution in [0.15, 0.2) is 36.7 Å². The first-order valence-corrected chi connectivity index (χ1v) is 5.18. The number of nitrogens with zero attached hydrogens (tertiary/aromatic N) is 1. The third-order valence-corrected chi connectivity index (χ3v) is 2.25. The second-order valence-electron chi connectivity index (χ2n) is 3.52. The number of ether oxygens (including phenoxy) is 1. The first kappa shape index (κ1) is 10.7. The molecule has 0 amide bonds. The number of nitrogens with one attached hydrogen (secondary N) is 2. The molecule has 0 aliphatic carbocycles. The average molecular weight is 217 g/mol. The van der Waals surface area contributed by atoms with E-state index in [0.29, 0.717) is 13.2 Å². The maximum absolute atomic E-state index is 5.09. The van der Waals surface area contributed by atoms with Crippen LogP contribution in [-0.2, 0) is 17.9 Å². The lowest BCUT2D eigenvalue weighted by Gasteiger charge is -2.06. The molecule has 0 radical (unpaired) electrons. The molecule has 0 atom stereocenters. The standard InChI is InChI=1S/C12H15N3O/c1-16-9-10-3-2-4-11(7-10)15-8-12-13-5-6-14-12/h2-7,15H,8-9H2,1H3,(H,13,14). The van der Waals surface area contributed by atoms with Crippen LogP contribution in [0.2, 0.25) is 0 Å². The van der Waals surface area contributed by atoms with Crippen molar-refractivity contribution in [2.45, 2.75) is 13.2 Å². The highest BCUT2D eigenvalue weighted by Crippen LogP contribution is 2.11. The van der Waals surface area contributed by atoms with Crippen LogP contribution in [0.4, 0.5) is 5.69 Å². The molecule has 2 N–H and O–H groups in total. The van der Waals surface area contributed by atoms with Crippen molar-refractivity contribution in [3.8, 4) is 0 Å². The number of anilines is 1. The Morgan fingerprint density at radius 1 is 1.44 bits per heavy atom. The molecular formula is C12H15N3O. The number of hydrogen-bond acceptors (Lipinski definition) is 3. The molecule has 0 saturated heterocycles. The zero-order chi connectivity index (χ0) is 11.2. The Hall–Kier alpha value is -1.81. The van der Waals surface area contributed by atoms with Gasteiger partial charge in [-0.25, -0.2) is 4.98 Å². The smallest absolute Gasteiger partial charge is 0.125 e. The Morgan fingerprint density at radius 3 is 3.12 bits per heavy atom. The van der Waals surface area contributed by atoms with Crippen LogP contribution >= 0.6 is 0 Å². The number of aromatic amines is 1. The molecule has 0 saturated carbocycles. The van der Waals surface area contributed by atoms with E-state index >= 15 is 0 Å². The molecule has 1 aromatic carbocycles. The van der Waals surface area contributed by atoms with Crippen molar-refractivity contribution in [3.05, 3.63) is 48.0 Å². The maximum atomic E-state index is 5.09. The predicted molar refractivity (Wildman–Crippen MR) is 63.1 cm³/mol. The van der Waals surface area contributed by atoms with Crippen molar-refractivity contribution in [1.82, 2.24) is 9.97 Å². The summed E-state index contributed by atoms with van der Waals surface area (Å²) in [5.74, 6) is 0.928. The molecule has 1 heterocycles. The highest BCUT2D eigenvalue weighted by molar-refractivity contribution is 5.45. The van der Waals surface area contributed by atoms with Gasteiger partial charge in [-0.3, -0.25) is 0 Å². The highest BCUT2D eigenvalue weighted by Gasteiger charge is 1.97. The van der Waals surface area contributed by atoms with E-state index < -0.39 is 0 Å². The predicted octanol–water partition coefficient (Wildman–Crippen LogP) is 2.17. The van der Waals surface area contributed by atoms with Gasteiger partial charge in [0, 0.05) is 25.2 Å². The maximum Gasteiger partial charge on any atom is 0.125 e. The van der Waals surface area contributed by atoms with Gasteiger partial charge in [0.05, 0.1) is 13.2 Å². The molecule has 0 unspecified atom stereocenters. The Bertz CT molecular complexity index is 426. The number of methoxy groups -OCH3 is 1. The number of H-pyrrole nitrogens is 1. The highest BCUT2D eigenvalue weighted by atomic mass is 16.5. The van der Waals surface area contributed by atoms with Crippen molar-refractivity contribution in [1.29, 1.82) is 0 Å². The van der Waals surface area contributed by atoms with E-state index in [1.807, 2.05) is 24.4 Å². The molecule has 0 fully saturated rings. The van der Waals surface area contributed by atoms with E-state index in [9.17, 15) is 0 Å². The summed E-state index contributed by atoms with van der Waals surface area (Å²) in [6.07, 6.45) is 3.57. The van der Waals surface area contributed by atoms with E-state index in [1.165, 1.54) is 0 Å². The molecule has 16 heavy (non-hydrogen) atoms. The van der Waals surface area contributed by atoms with E-state index in [0.717, 1.165) is 17.1 Å². The summed E-state index contributed by atoms with van der Waals surface area (Å²) in [6.45, 7) is 1.33. The second-order valence-corrected chi connectivity index (χ2v) is 3.52. The number of imidazole rings is 1. The minimum absolute atomic E-state index is 0.635. The fraction of sp³-hybridized carbons (Fsp3) is 0.250. The third-order valence-electron chi connectivity index (χ3n) is 2.25. The van der Waals surface area contributed by atoms with Crippen molar-refractivity contribution >= 4 is 5.69 Å². The van der Waals surface area contributed by atoms with Gasteiger partial charge in [0.15, 0.2) is 0 Å². The minimum Gasteiger partial charge on any atom is -0.380 e. The summed E-state index contributed by atoms with van der Waals surface area (Å²) in [5.41, 5.74) is 2.23. The molecule has 0 bridgehead atoms. The van der Waals surface area contributed by atoms with Crippen LogP contribution in [0.25, 0.3) is 0 Å². The fourth-order valence-corrected chi connectivity index (χ4v) is 1.52. The summed E-state index contributed by atoms with van der Waals surface area (Å²) in [7, 11) is 1.70.